The van der Waals surface area contributed by atoms with Gasteiger partial charge in [-0.25, -0.2) is 0 Å². The summed E-state index contributed by atoms with van der Waals surface area (Å²) in [6.45, 7) is 0. The fourth-order valence-electron chi connectivity index (χ4n) is 2.97. The van der Waals surface area contributed by atoms with Crippen molar-refractivity contribution in [3.05, 3.63) is 41.4 Å². The summed E-state index contributed by atoms with van der Waals surface area (Å²) in [4.78, 5) is 2.02. The second kappa shape index (κ2) is 6.29. The molecule has 0 amide bonds. The van der Waals surface area contributed by atoms with Crippen molar-refractivity contribution in [2.45, 2.75) is 0 Å². The molecule has 0 atom stereocenters. The first kappa shape index (κ1) is 16.5. The Hall–Kier alpha value is -2.33. The highest BCUT2D eigenvalue weighted by Crippen LogP contribution is 2.43. The summed E-state index contributed by atoms with van der Waals surface area (Å²) < 4.78 is 13.4. The van der Waals surface area contributed by atoms with Crippen molar-refractivity contribution in [2.75, 3.05) is 33.2 Å². The van der Waals surface area contributed by atoms with E-state index < -0.39 is 0 Å². The largest absolute Gasteiger partial charge is 0.496 e. The molecular formula is C19H21ClN2O2. The Bertz CT molecular complexity index is 875. The number of ether oxygens (including phenoxy) is 2. The molecule has 0 aliphatic carbocycles. The van der Waals surface area contributed by atoms with E-state index in [0.717, 1.165) is 44.4 Å². The standard InChI is InChI=1S/C19H21ClN2O2/c1-21(2)14-10-17(23-4)19(18(11-14)24-5)16-9-12-8-13(20)6-7-15(12)22(16)3/h6-11H,1-5H3. The number of fused-ring (bicyclic) bond motifs is 1. The second-order valence-corrected chi connectivity index (χ2v) is 6.35. The third kappa shape index (κ3) is 2.67. The van der Waals surface area contributed by atoms with Gasteiger partial charge in [-0.2, -0.15) is 0 Å². The van der Waals surface area contributed by atoms with Crippen molar-refractivity contribution < 1.29 is 9.47 Å². The molecule has 0 N–H and O–H groups in total. The first-order valence-electron chi connectivity index (χ1n) is 7.65. The number of methoxy groups -OCH3 is 2. The van der Waals surface area contributed by atoms with Crippen LogP contribution in [-0.2, 0) is 7.05 Å². The zero-order valence-corrected chi connectivity index (χ0v) is 15.3. The van der Waals surface area contributed by atoms with Crippen LogP contribution in [-0.4, -0.2) is 32.9 Å². The summed E-state index contributed by atoms with van der Waals surface area (Å²) >= 11 is 6.13. The van der Waals surface area contributed by atoms with Gasteiger partial charge < -0.3 is 18.9 Å². The number of aromatic nitrogens is 1. The van der Waals surface area contributed by atoms with E-state index in [4.69, 9.17) is 21.1 Å². The van der Waals surface area contributed by atoms with Crippen molar-refractivity contribution >= 4 is 28.2 Å². The van der Waals surface area contributed by atoms with E-state index in [1.807, 2.05) is 56.4 Å². The SMILES string of the molecule is COc1cc(N(C)C)cc(OC)c1-c1cc2cc(Cl)ccc2n1C. The number of hydrogen-bond donors (Lipinski definition) is 0. The number of hydrogen-bond acceptors (Lipinski definition) is 3. The number of nitrogens with zero attached hydrogens (tertiary/aromatic N) is 2. The molecule has 1 aromatic heterocycles. The third-order valence-corrected chi connectivity index (χ3v) is 4.50. The third-order valence-electron chi connectivity index (χ3n) is 4.27. The van der Waals surface area contributed by atoms with Crippen LogP contribution in [0.1, 0.15) is 0 Å². The number of halogens is 1. The van der Waals surface area contributed by atoms with Crippen LogP contribution < -0.4 is 14.4 Å². The van der Waals surface area contributed by atoms with Gasteiger partial charge in [0.1, 0.15) is 11.5 Å². The van der Waals surface area contributed by atoms with E-state index in [9.17, 15) is 0 Å². The van der Waals surface area contributed by atoms with Crippen LogP contribution in [0.3, 0.4) is 0 Å². The molecule has 0 saturated carbocycles. The van der Waals surface area contributed by atoms with Gasteiger partial charge in [-0.3, -0.25) is 0 Å². The van der Waals surface area contributed by atoms with E-state index in [0.29, 0.717) is 0 Å². The van der Waals surface area contributed by atoms with Crippen molar-refractivity contribution in [2.24, 2.45) is 7.05 Å². The molecule has 3 aromatic rings. The fraction of sp³-hybridized carbons (Fsp3) is 0.263. The molecule has 0 unspecified atom stereocenters. The highest BCUT2D eigenvalue weighted by molar-refractivity contribution is 6.31. The Kier molecular flexibility index (Phi) is 4.33. The van der Waals surface area contributed by atoms with Crippen LogP contribution in [0.4, 0.5) is 5.69 Å². The van der Waals surface area contributed by atoms with Gasteiger partial charge >= 0.3 is 0 Å². The molecule has 24 heavy (non-hydrogen) atoms. The summed E-state index contributed by atoms with van der Waals surface area (Å²) in [5.41, 5.74) is 4.08. The molecular weight excluding hydrogens is 324 g/mol. The molecule has 0 spiro atoms. The van der Waals surface area contributed by atoms with Crippen LogP contribution in [0.15, 0.2) is 36.4 Å². The average Bonchev–Trinajstić information content (AvgIpc) is 2.88. The average molecular weight is 345 g/mol. The maximum absolute atomic E-state index is 6.13. The van der Waals surface area contributed by atoms with Gasteiger partial charge in [0.15, 0.2) is 0 Å². The van der Waals surface area contributed by atoms with Gasteiger partial charge in [-0.15, -0.1) is 0 Å². The molecule has 0 saturated heterocycles. The minimum Gasteiger partial charge on any atom is -0.496 e. The minimum atomic E-state index is 0.724. The molecule has 0 aliphatic heterocycles. The first-order valence-corrected chi connectivity index (χ1v) is 8.02. The zero-order valence-electron chi connectivity index (χ0n) is 14.6. The van der Waals surface area contributed by atoms with Crippen molar-refractivity contribution in [1.82, 2.24) is 4.57 Å². The van der Waals surface area contributed by atoms with Crippen molar-refractivity contribution in [3.8, 4) is 22.8 Å². The number of rotatable bonds is 4. The summed E-state index contributed by atoms with van der Waals surface area (Å²) in [7, 11) is 9.37. The van der Waals surface area contributed by atoms with E-state index in [1.165, 1.54) is 0 Å². The number of aryl methyl sites for hydroxylation is 1. The van der Waals surface area contributed by atoms with Gasteiger partial charge in [-0.1, -0.05) is 11.6 Å². The van der Waals surface area contributed by atoms with Gasteiger partial charge in [-0.05, 0) is 24.3 Å². The molecule has 126 valence electrons. The first-order chi connectivity index (χ1) is 11.5. The molecule has 4 nitrogen and oxygen atoms in total. The van der Waals surface area contributed by atoms with Crippen molar-refractivity contribution in [3.63, 3.8) is 0 Å². The molecule has 3 rings (SSSR count). The number of anilines is 1. The minimum absolute atomic E-state index is 0.724. The Morgan fingerprint density at radius 3 is 2.12 bits per heavy atom. The molecule has 5 heteroatoms. The topological polar surface area (TPSA) is 26.6 Å². The number of benzene rings is 2. The van der Waals surface area contributed by atoms with Crippen molar-refractivity contribution in [1.29, 1.82) is 0 Å². The monoisotopic (exact) mass is 344 g/mol. The van der Waals surface area contributed by atoms with Gasteiger partial charge in [0, 0.05) is 54.9 Å². The molecule has 0 aliphatic rings. The predicted octanol–water partition coefficient (Wildman–Crippen LogP) is 4.58. The van der Waals surface area contributed by atoms with Gasteiger partial charge in [0.05, 0.1) is 25.5 Å². The summed E-state index contributed by atoms with van der Waals surface area (Å²) in [6, 6.07) is 12.0. The van der Waals surface area contributed by atoms with Crippen LogP contribution in [0.5, 0.6) is 11.5 Å². The summed E-state index contributed by atoms with van der Waals surface area (Å²) in [5.74, 6) is 1.55. The quantitative estimate of drug-likeness (QED) is 0.693. The van der Waals surface area contributed by atoms with E-state index in [1.54, 1.807) is 14.2 Å². The molecule has 0 radical (unpaired) electrons. The Balaban J connectivity index is 2.31. The van der Waals surface area contributed by atoms with Gasteiger partial charge in [0.25, 0.3) is 0 Å². The lowest BCUT2D eigenvalue weighted by Gasteiger charge is -2.19. The van der Waals surface area contributed by atoms with Gasteiger partial charge in [0.2, 0.25) is 0 Å². The fourth-order valence-corrected chi connectivity index (χ4v) is 3.15. The Morgan fingerprint density at radius 2 is 1.58 bits per heavy atom. The maximum Gasteiger partial charge on any atom is 0.134 e. The predicted molar refractivity (Wildman–Crippen MR) is 101 cm³/mol. The molecule has 2 aromatic carbocycles. The summed E-state index contributed by atoms with van der Waals surface area (Å²) in [6.07, 6.45) is 0. The Morgan fingerprint density at radius 1 is 0.958 bits per heavy atom. The summed E-state index contributed by atoms with van der Waals surface area (Å²) in [5, 5.41) is 1.81. The van der Waals surface area contributed by atoms with E-state index in [-0.39, 0.29) is 0 Å². The molecule has 0 bridgehead atoms. The van der Waals surface area contributed by atoms with Crippen LogP contribution in [0.25, 0.3) is 22.2 Å². The molecule has 0 fully saturated rings. The second-order valence-electron chi connectivity index (χ2n) is 5.91. The highest BCUT2D eigenvalue weighted by atomic mass is 35.5. The van der Waals surface area contributed by atoms with Crippen LogP contribution >= 0.6 is 11.6 Å². The highest BCUT2D eigenvalue weighted by Gasteiger charge is 2.19. The van der Waals surface area contributed by atoms with E-state index in [2.05, 4.69) is 10.6 Å². The zero-order chi connectivity index (χ0) is 17.4. The van der Waals surface area contributed by atoms with Crippen LogP contribution in [0, 0.1) is 0 Å². The van der Waals surface area contributed by atoms with E-state index >= 15 is 0 Å². The smallest absolute Gasteiger partial charge is 0.134 e. The lowest BCUT2D eigenvalue weighted by molar-refractivity contribution is 0.397. The molecule has 1 heterocycles. The normalized spacial score (nSPS) is 10.9. The maximum atomic E-state index is 6.13. The lowest BCUT2D eigenvalue weighted by atomic mass is 10.1. The lowest BCUT2D eigenvalue weighted by Crippen LogP contribution is -2.09. The Labute approximate surface area is 147 Å². The van der Waals surface area contributed by atoms with Crippen LogP contribution in [0.2, 0.25) is 5.02 Å².